The molecule has 5 rings (SSSR count). The van der Waals surface area contributed by atoms with Crippen LogP contribution < -0.4 is 21.3 Å². The van der Waals surface area contributed by atoms with Gasteiger partial charge in [-0.05, 0) is 37.8 Å². The maximum Gasteiger partial charge on any atom is 0.408 e. The third kappa shape index (κ3) is 5.28. The molecule has 37 heavy (non-hydrogen) atoms. The largest absolute Gasteiger partial charge is 0.408 e. The molecule has 1 aliphatic carbocycles. The molecule has 2 fully saturated rings. The molecule has 2 unspecified atom stereocenters. The highest BCUT2D eigenvalue weighted by Crippen LogP contribution is 2.38. The van der Waals surface area contributed by atoms with Crippen molar-refractivity contribution in [2.75, 3.05) is 29.5 Å². The Morgan fingerprint density at radius 2 is 1.89 bits per heavy atom. The minimum absolute atomic E-state index is 0.0710. The van der Waals surface area contributed by atoms with E-state index in [2.05, 4.69) is 30.8 Å². The molecule has 1 saturated heterocycles. The fourth-order valence-electron chi connectivity index (χ4n) is 5.39. The summed E-state index contributed by atoms with van der Waals surface area (Å²) in [5.74, 6) is -0.0635. The van der Waals surface area contributed by atoms with Crippen molar-refractivity contribution in [2.24, 2.45) is 5.92 Å². The third-order valence-electron chi connectivity index (χ3n) is 7.40. The SMILES string of the molecule is CNc1nc(-c2ccc3c(N)n[nH]c3c2)cc(N2CC(C(=O)NC3CCCCC3)CCC2C(F)(F)F)n1. The molecule has 12 heteroatoms. The zero-order valence-electron chi connectivity index (χ0n) is 20.6. The minimum atomic E-state index is -4.47. The van der Waals surface area contributed by atoms with Crippen molar-refractivity contribution in [3.63, 3.8) is 0 Å². The number of aromatic amines is 1. The highest BCUT2D eigenvalue weighted by atomic mass is 19.4. The van der Waals surface area contributed by atoms with Crippen LogP contribution in [-0.4, -0.2) is 57.9 Å². The number of carbonyl (C=O) groups excluding carboxylic acids is 1. The molecule has 2 aliphatic rings. The van der Waals surface area contributed by atoms with Crippen molar-refractivity contribution < 1.29 is 18.0 Å². The smallest absolute Gasteiger partial charge is 0.382 e. The number of nitrogens with zero attached hydrogens (tertiary/aromatic N) is 4. The lowest BCUT2D eigenvalue weighted by Crippen LogP contribution is -2.55. The molecule has 9 nitrogen and oxygen atoms in total. The summed E-state index contributed by atoms with van der Waals surface area (Å²) >= 11 is 0. The number of rotatable bonds is 5. The number of H-pyrrole nitrogens is 1. The van der Waals surface area contributed by atoms with E-state index in [-0.39, 0.29) is 43.1 Å². The van der Waals surface area contributed by atoms with E-state index in [1.165, 1.54) is 4.90 Å². The van der Waals surface area contributed by atoms with E-state index in [0.29, 0.717) is 22.6 Å². The number of benzene rings is 1. The number of amides is 1. The van der Waals surface area contributed by atoms with E-state index in [4.69, 9.17) is 5.73 Å². The summed E-state index contributed by atoms with van der Waals surface area (Å²) < 4.78 is 42.4. The standard InChI is InChI=1S/C25H31F3N8O/c1-30-24-32-18(14-7-9-17-19(11-14)34-35-22(17)29)12-21(33-24)36-13-15(8-10-20(36)25(26,27)28)23(37)31-16-5-3-2-4-6-16/h7,9,11-12,15-16,20H,2-6,8,10,13H2,1H3,(H,31,37)(H3,29,34,35)(H,30,32,33). The molecule has 0 spiro atoms. The summed E-state index contributed by atoms with van der Waals surface area (Å²) in [6.07, 6.45) is 0.634. The summed E-state index contributed by atoms with van der Waals surface area (Å²) in [7, 11) is 1.61. The van der Waals surface area contributed by atoms with Gasteiger partial charge < -0.3 is 21.3 Å². The van der Waals surface area contributed by atoms with E-state index < -0.39 is 18.1 Å². The van der Waals surface area contributed by atoms with Crippen LogP contribution in [0.4, 0.5) is 30.8 Å². The fourth-order valence-corrected chi connectivity index (χ4v) is 5.39. The van der Waals surface area contributed by atoms with Gasteiger partial charge in [-0.3, -0.25) is 9.89 Å². The molecule has 3 heterocycles. The first kappa shape index (κ1) is 25.1. The van der Waals surface area contributed by atoms with Crippen LogP contribution in [0.2, 0.25) is 0 Å². The Labute approximate surface area is 212 Å². The van der Waals surface area contributed by atoms with Crippen LogP contribution in [0.5, 0.6) is 0 Å². The Morgan fingerprint density at radius 1 is 1.11 bits per heavy atom. The molecule has 2 atom stereocenters. The van der Waals surface area contributed by atoms with Gasteiger partial charge in [0.15, 0.2) is 5.82 Å². The van der Waals surface area contributed by atoms with Crippen LogP contribution in [-0.2, 0) is 4.79 Å². The van der Waals surface area contributed by atoms with Crippen molar-refractivity contribution in [3.05, 3.63) is 24.3 Å². The lowest BCUT2D eigenvalue weighted by molar-refractivity contribution is -0.156. The summed E-state index contributed by atoms with van der Waals surface area (Å²) in [5, 5.41) is 13.5. The van der Waals surface area contributed by atoms with Crippen LogP contribution in [0, 0.1) is 5.92 Å². The van der Waals surface area contributed by atoms with Crippen molar-refractivity contribution in [2.45, 2.75) is 63.2 Å². The van der Waals surface area contributed by atoms with E-state index in [9.17, 15) is 18.0 Å². The molecule has 5 N–H and O–H groups in total. The summed E-state index contributed by atoms with van der Waals surface area (Å²) in [5.41, 5.74) is 7.66. The van der Waals surface area contributed by atoms with Gasteiger partial charge in [0.2, 0.25) is 11.9 Å². The maximum absolute atomic E-state index is 14.1. The molecular weight excluding hydrogens is 485 g/mol. The molecule has 1 aliphatic heterocycles. The van der Waals surface area contributed by atoms with E-state index in [1.54, 1.807) is 31.3 Å². The van der Waals surface area contributed by atoms with Crippen molar-refractivity contribution in [1.29, 1.82) is 0 Å². The minimum Gasteiger partial charge on any atom is -0.382 e. The van der Waals surface area contributed by atoms with Gasteiger partial charge in [-0.25, -0.2) is 4.98 Å². The predicted molar refractivity (Wildman–Crippen MR) is 136 cm³/mol. The van der Waals surface area contributed by atoms with Gasteiger partial charge in [0.25, 0.3) is 0 Å². The molecule has 3 aromatic rings. The van der Waals surface area contributed by atoms with Crippen molar-refractivity contribution in [3.8, 4) is 11.3 Å². The first-order valence-electron chi connectivity index (χ1n) is 12.7. The van der Waals surface area contributed by atoms with E-state index in [1.807, 2.05) is 0 Å². The molecule has 1 saturated carbocycles. The zero-order valence-corrected chi connectivity index (χ0v) is 20.6. The van der Waals surface area contributed by atoms with Crippen LogP contribution in [0.25, 0.3) is 22.2 Å². The first-order valence-corrected chi connectivity index (χ1v) is 12.7. The summed E-state index contributed by atoms with van der Waals surface area (Å²) in [4.78, 5) is 23.1. The molecule has 0 radical (unpaired) electrons. The zero-order chi connectivity index (χ0) is 26.2. The average molecular weight is 517 g/mol. The molecular formula is C25H31F3N8O. The fraction of sp³-hybridized carbons (Fsp3) is 0.520. The van der Waals surface area contributed by atoms with E-state index in [0.717, 1.165) is 37.5 Å². The van der Waals surface area contributed by atoms with Gasteiger partial charge in [-0.15, -0.1) is 0 Å². The van der Waals surface area contributed by atoms with E-state index >= 15 is 0 Å². The normalized spacial score (nSPS) is 21.2. The predicted octanol–water partition coefficient (Wildman–Crippen LogP) is 4.24. The molecule has 1 amide bonds. The Kier molecular flexibility index (Phi) is 6.82. The number of nitrogens with two attached hydrogens (primary N) is 1. The van der Waals surface area contributed by atoms with Crippen molar-refractivity contribution in [1.82, 2.24) is 25.5 Å². The van der Waals surface area contributed by atoms with Gasteiger partial charge in [-0.1, -0.05) is 25.3 Å². The highest BCUT2D eigenvalue weighted by molar-refractivity contribution is 5.91. The van der Waals surface area contributed by atoms with Gasteiger partial charge in [-0.2, -0.15) is 23.3 Å². The number of halogens is 3. The second-order valence-electron chi connectivity index (χ2n) is 9.88. The number of aromatic nitrogens is 4. The number of nitrogen functional groups attached to an aromatic ring is 1. The molecule has 0 bridgehead atoms. The van der Waals surface area contributed by atoms with Crippen LogP contribution >= 0.6 is 0 Å². The number of alkyl halides is 3. The Balaban J connectivity index is 1.47. The molecule has 2 aromatic heterocycles. The topological polar surface area (TPSA) is 125 Å². The lowest BCUT2D eigenvalue weighted by Gasteiger charge is -2.41. The number of nitrogens with one attached hydrogen (secondary N) is 3. The molecule has 1 aromatic carbocycles. The molecule has 198 valence electrons. The van der Waals surface area contributed by atoms with Gasteiger partial charge in [0.05, 0.1) is 17.1 Å². The van der Waals surface area contributed by atoms with Crippen LogP contribution in [0.15, 0.2) is 24.3 Å². The van der Waals surface area contributed by atoms with Crippen molar-refractivity contribution >= 4 is 34.4 Å². The van der Waals surface area contributed by atoms with Crippen LogP contribution in [0.3, 0.4) is 0 Å². The number of fused-ring (bicyclic) bond motifs is 1. The Bertz CT molecular complexity index is 1270. The number of hydrogen-bond donors (Lipinski definition) is 4. The van der Waals surface area contributed by atoms with Crippen LogP contribution in [0.1, 0.15) is 44.9 Å². The number of hydrogen-bond acceptors (Lipinski definition) is 7. The quantitative estimate of drug-likeness (QED) is 0.400. The third-order valence-corrected chi connectivity index (χ3v) is 7.40. The number of anilines is 3. The number of carbonyl (C=O) groups is 1. The lowest BCUT2D eigenvalue weighted by atomic mass is 9.90. The van der Waals surface area contributed by atoms with Gasteiger partial charge in [0.1, 0.15) is 11.9 Å². The highest BCUT2D eigenvalue weighted by Gasteiger charge is 2.48. The summed E-state index contributed by atoms with van der Waals surface area (Å²) in [6.45, 7) is -0.0710. The summed E-state index contributed by atoms with van der Waals surface area (Å²) in [6, 6.07) is 5.27. The monoisotopic (exact) mass is 516 g/mol. The second kappa shape index (κ2) is 10.1. The second-order valence-corrected chi connectivity index (χ2v) is 9.88. The average Bonchev–Trinajstić information content (AvgIpc) is 3.28. The van der Waals surface area contributed by atoms with Gasteiger partial charge >= 0.3 is 6.18 Å². The number of piperidine rings is 1. The Morgan fingerprint density at radius 3 is 2.62 bits per heavy atom. The van der Waals surface area contributed by atoms with Gasteiger partial charge in [0, 0.05) is 36.7 Å². The Hall–Kier alpha value is -3.57. The maximum atomic E-state index is 14.1. The first-order chi connectivity index (χ1) is 17.7.